The van der Waals surface area contributed by atoms with Crippen LogP contribution in [0.1, 0.15) is 6.42 Å². The molecule has 8 heteroatoms. The number of anilines is 1. The number of carbonyl (C=O) groups excluding carboxylic acids is 3. The number of nitrogens with zero attached hydrogens (tertiary/aromatic N) is 2. The normalized spacial score (nSPS) is 20.1. The second-order valence-corrected chi connectivity index (χ2v) is 7.69. The van der Waals surface area contributed by atoms with Gasteiger partial charge in [-0.1, -0.05) is 12.1 Å². The molecule has 1 aromatic rings. The lowest BCUT2D eigenvalue weighted by molar-refractivity contribution is -0.131. The van der Waals surface area contributed by atoms with Gasteiger partial charge >= 0.3 is 6.03 Å². The van der Waals surface area contributed by atoms with Gasteiger partial charge in [-0.2, -0.15) is 11.8 Å². The average Bonchev–Trinajstić information content (AvgIpc) is 2.86. The van der Waals surface area contributed by atoms with Gasteiger partial charge < -0.3 is 10.2 Å². The van der Waals surface area contributed by atoms with Crippen LogP contribution in [0.2, 0.25) is 0 Å². The molecule has 0 aromatic heterocycles. The van der Waals surface area contributed by atoms with E-state index in [-0.39, 0.29) is 18.4 Å². The van der Waals surface area contributed by atoms with Crippen molar-refractivity contribution in [2.45, 2.75) is 17.4 Å². The van der Waals surface area contributed by atoms with E-state index in [4.69, 9.17) is 0 Å². The Bertz CT molecular complexity index is 668. The minimum Gasteiger partial charge on any atom is -0.326 e. The van der Waals surface area contributed by atoms with Gasteiger partial charge in [-0.25, -0.2) is 4.79 Å². The number of hydrogen-bond donors (Lipinski definition) is 1. The first-order valence-corrected chi connectivity index (χ1v) is 10.1. The molecule has 0 aliphatic carbocycles. The van der Waals surface area contributed by atoms with Crippen LogP contribution in [0.5, 0.6) is 0 Å². The highest BCUT2D eigenvalue weighted by atomic mass is 32.2. The molecule has 0 spiro atoms. The van der Waals surface area contributed by atoms with Gasteiger partial charge in [0.25, 0.3) is 5.91 Å². The zero-order valence-electron chi connectivity index (χ0n) is 13.4. The van der Waals surface area contributed by atoms with Gasteiger partial charge in [-0.3, -0.25) is 14.5 Å². The molecule has 0 radical (unpaired) electrons. The predicted octanol–water partition coefficient (Wildman–Crippen LogP) is 1.80. The van der Waals surface area contributed by atoms with E-state index in [1.165, 1.54) is 0 Å². The maximum atomic E-state index is 12.7. The van der Waals surface area contributed by atoms with Crippen molar-refractivity contribution in [2.24, 2.45) is 0 Å². The molecule has 1 fully saturated rings. The van der Waals surface area contributed by atoms with Gasteiger partial charge in [0.1, 0.15) is 12.6 Å². The smallest absolute Gasteiger partial charge is 0.325 e. The van der Waals surface area contributed by atoms with Crippen molar-refractivity contribution < 1.29 is 14.4 Å². The quantitative estimate of drug-likeness (QED) is 0.806. The third kappa shape index (κ3) is 3.39. The summed E-state index contributed by atoms with van der Waals surface area (Å²) in [5.74, 6) is 1.06. The molecule has 1 atom stereocenters. The Morgan fingerprint density at radius 3 is 2.96 bits per heavy atom. The molecule has 2 heterocycles. The Balaban J connectivity index is 1.69. The molecule has 3 rings (SSSR count). The second kappa shape index (κ2) is 7.48. The number of hydrogen-bond acceptors (Lipinski definition) is 5. The molecule has 128 valence electrons. The molecular weight excluding hydrogens is 346 g/mol. The van der Waals surface area contributed by atoms with Crippen molar-refractivity contribution in [2.75, 3.05) is 35.8 Å². The van der Waals surface area contributed by atoms with Gasteiger partial charge in [0, 0.05) is 17.2 Å². The van der Waals surface area contributed by atoms with E-state index in [1.807, 2.05) is 30.5 Å². The van der Waals surface area contributed by atoms with Crippen LogP contribution in [0.3, 0.4) is 0 Å². The fourth-order valence-corrected chi connectivity index (χ4v) is 4.27. The molecule has 2 aliphatic rings. The minimum atomic E-state index is -0.512. The van der Waals surface area contributed by atoms with Crippen LogP contribution in [0, 0.1) is 0 Å². The maximum absolute atomic E-state index is 12.7. The molecule has 2 aliphatic heterocycles. The monoisotopic (exact) mass is 365 g/mol. The zero-order valence-corrected chi connectivity index (χ0v) is 15.0. The summed E-state index contributed by atoms with van der Waals surface area (Å²) in [6.45, 7) is 0.375. The van der Waals surface area contributed by atoms with Crippen LogP contribution in [-0.2, 0) is 9.59 Å². The summed E-state index contributed by atoms with van der Waals surface area (Å²) in [4.78, 5) is 40.8. The molecule has 0 unspecified atom stereocenters. The van der Waals surface area contributed by atoms with E-state index in [1.54, 1.807) is 28.4 Å². The maximum Gasteiger partial charge on any atom is 0.325 e. The third-order valence-electron chi connectivity index (χ3n) is 4.04. The molecule has 24 heavy (non-hydrogen) atoms. The number of nitrogens with one attached hydrogen (secondary N) is 1. The SMILES string of the molecule is CSCC[C@H]1NC(=O)N(CC(=O)N2CCSc3ccccc32)C1=O. The first-order chi connectivity index (χ1) is 11.6. The minimum absolute atomic E-state index is 0.209. The number of urea groups is 1. The Labute approximate surface area is 149 Å². The number of thioether (sulfide) groups is 2. The van der Waals surface area contributed by atoms with Crippen molar-refractivity contribution in [1.29, 1.82) is 0 Å². The van der Waals surface area contributed by atoms with E-state index in [2.05, 4.69) is 5.32 Å². The molecule has 1 saturated heterocycles. The van der Waals surface area contributed by atoms with Crippen molar-refractivity contribution in [1.82, 2.24) is 10.2 Å². The highest BCUT2D eigenvalue weighted by Crippen LogP contribution is 2.34. The highest BCUT2D eigenvalue weighted by molar-refractivity contribution is 7.99. The van der Waals surface area contributed by atoms with Crippen LogP contribution in [0.15, 0.2) is 29.2 Å². The summed E-state index contributed by atoms with van der Waals surface area (Å²) in [6.07, 6.45) is 2.54. The number of rotatable bonds is 5. The Hall–Kier alpha value is -1.67. The fraction of sp³-hybridized carbons (Fsp3) is 0.438. The summed E-state index contributed by atoms with van der Waals surface area (Å²) < 4.78 is 0. The lowest BCUT2D eigenvalue weighted by Crippen LogP contribution is -2.45. The number of amides is 4. The molecule has 0 bridgehead atoms. The van der Waals surface area contributed by atoms with Crippen molar-refractivity contribution in [3.63, 3.8) is 0 Å². The zero-order chi connectivity index (χ0) is 17.1. The lowest BCUT2D eigenvalue weighted by atomic mass is 10.2. The van der Waals surface area contributed by atoms with E-state index in [0.29, 0.717) is 13.0 Å². The molecule has 1 aromatic carbocycles. The Kier molecular flexibility index (Phi) is 5.35. The van der Waals surface area contributed by atoms with Crippen LogP contribution in [-0.4, -0.2) is 59.6 Å². The third-order valence-corrected chi connectivity index (χ3v) is 5.73. The molecule has 4 amide bonds. The average molecular weight is 365 g/mol. The van der Waals surface area contributed by atoms with Crippen molar-refractivity contribution in [3.05, 3.63) is 24.3 Å². The second-order valence-electron chi connectivity index (χ2n) is 5.57. The van der Waals surface area contributed by atoms with Gasteiger partial charge in [-0.15, -0.1) is 11.8 Å². The summed E-state index contributed by atoms with van der Waals surface area (Å²) in [6, 6.07) is 6.71. The molecule has 6 nitrogen and oxygen atoms in total. The predicted molar refractivity (Wildman–Crippen MR) is 96.6 cm³/mol. The summed E-state index contributed by atoms with van der Waals surface area (Å²) in [5.41, 5.74) is 0.852. The van der Waals surface area contributed by atoms with Crippen LogP contribution in [0.25, 0.3) is 0 Å². The van der Waals surface area contributed by atoms with E-state index < -0.39 is 12.1 Å². The molecule has 0 saturated carbocycles. The summed E-state index contributed by atoms with van der Waals surface area (Å²) in [7, 11) is 0. The standard InChI is InChI=1S/C16H19N3O3S2/c1-23-8-6-11-15(21)19(16(22)17-11)10-14(20)18-7-9-24-13-5-3-2-4-12(13)18/h2-5,11H,6-10H2,1H3,(H,17,22)/t11-/m1/s1. The van der Waals surface area contributed by atoms with E-state index in [0.717, 1.165) is 27.0 Å². The van der Waals surface area contributed by atoms with Gasteiger partial charge in [0.2, 0.25) is 5.91 Å². The largest absolute Gasteiger partial charge is 0.326 e. The number of fused-ring (bicyclic) bond motifs is 1. The molecule has 1 N–H and O–H groups in total. The highest BCUT2D eigenvalue weighted by Gasteiger charge is 2.39. The van der Waals surface area contributed by atoms with Crippen molar-refractivity contribution in [3.8, 4) is 0 Å². The first kappa shape index (κ1) is 17.2. The van der Waals surface area contributed by atoms with Gasteiger partial charge in [-0.05, 0) is 30.6 Å². The van der Waals surface area contributed by atoms with Crippen molar-refractivity contribution >= 4 is 47.1 Å². The van der Waals surface area contributed by atoms with Crippen LogP contribution < -0.4 is 10.2 Å². The Morgan fingerprint density at radius 1 is 1.38 bits per heavy atom. The Morgan fingerprint density at radius 2 is 2.17 bits per heavy atom. The topological polar surface area (TPSA) is 69.7 Å². The molecular formula is C16H19N3O3S2. The van der Waals surface area contributed by atoms with Gasteiger partial charge in [0.05, 0.1) is 5.69 Å². The van der Waals surface area contributed by atoms with Crippen LogP contribution in [0.4, 0.5) is 10.5 Å². The van der Waals surface area contributed by atoms with E-state index in [9.17, 15) is 14.4 Å². The first-order valence-electron chi connectivity index (χ1n) is 7.75. The number of carbonyl (C=O) groups is 3. The van der Waals surface area contributed by atoms with Crippen LogP contribution >= 0.6 is 23.5 Å². The van der Waals surface area contributed by atoms with E-state index >= 15 is 0 Å². The number of para-hydroxylation sites is 1. The summed E-state index contributed by atoms with van der Waals surface area (Å²) >= 11 is 3.33. The fourth-order valence-electron chi connectivity index (χ4n) is 2.81. The number of benzene rings is 1. The number of imide groups is 1. The van der Waals surface area contributed by atoms with Gasteiger partial charge in [0.15, 0.2) is 0 Å². The summed E-state index contributed by atoms with van der Waals surface area (Å²) in [5, 5.41) is 2.67. The lowest BCUT2D eigenvalue weighted by Gasteiger charge is -2.29.